The molecule has 0 N–H and O–H groups in total. The minimum absolute atomic E-state index is 0.0959. The van der Waals surface area contributed by atoms with Gasteiger partial charge >= 0.3 is 0 Å². The number of benzene rings is 12. The highest BCUT2D eigenvalue weighted by Gasteiger charge is 2.48. The normalized spacial score (nSPS) is 14.4. The van der Waals surface area contributed by atoms with Gasteiger partial charge in [0.05, 0.1) is 0 Å². The second kappa shape index (κ2) is 32.3. The summed E-state index contributed by atoms with van der Waals surface area (Å²) in [5.74, 6) is 0. The largest absolute Gasteiger partial charge is 0.310 e. The maximum Gasteiger partial charge on any atom is 0.0465 e. The Kier molecular flexibility index (Phi) is 21.8. The monoisotopic (exact) mass is 1440 g/mol. The molecule has 0 atom stereocenters. The van der Waals surface area contributed by atoms with Crippen LogP contribution in [0.1, 0.15) is 254 Å². The third-order valence-electron chi connectivity index (χ3n) is 26.6. The molecule has 0 saturated heterocycles. The van der Waals surface area contributed by atoms with Crippen LogP contribution in [0.4, 0.5) is 34.1 Å². The number of hydrogen-bond donors (Lipinski definition) is 0. The number of hydrogen-bond acceptors (Lipinski definition) is 2. The summed E-state index contributed by atoms with van der Waals surface area (Å²) < 4.78 is 0. The van der Waals surface area contributed by atoms with Crippen LogP contribution < -0.4 is 9.80 Å². The maximum absolute atomic E-state index is 2.70. The Balaban J connectivity index is 0.765. The van der Waals surface area contributed by atoms with Crippen molar-refractivity contribution in [3.05, 3.63) is 311 Å². The smallest absolute Gasteiger partial charge is 0.0465 e. The zero-order chi connectivity index (χ0) is 75.4. The Morgan fingerprint density at radius 2 is 0.336 bits per heavy atom. The van der Waals surface area contributed by atoms with Crippen molar-refractivity contribution >= 4 is 34.1 Å². The molecule has 2 nitrogen and oxygen atoms in total. The molecule has 110 heavy (non-hydrogen) atoms. The molecule has 0 unspecified atom stereocenters. The molecule has 4 aliphatic rings. The first-order valence-electron chi connectivity index (χ1n) is 43.1. The number of nitrogens with zero attached hydrogens (tertiary/aromatic N) is 2. The SMILES string of the molecule is CCCCC1(CCCC)c2cc(-c3ccc4c(c3)C(CCCC)(CCCC)c3cc(-c5ccc6c(c5)C(CCCC)(CCCC)c5cc(N(c7ccccc7)c7ccccc7)ccc5-6)ccc3-4)ccc2-c2ccc(-c3ccc4c(c3)C(CCCC)(CCCC)c3cc(N(c5ccccc5)c5ccccc5)ccc3-4)cc21. The lowest BCUT2D eigenvalue weighted by atomic mass is 9.69. The van der Waals surface area contributed by atoms with Crippen molar-refractivity contribution < 1.29 is 0 Å². The Bertz CT molecular complexity index is 4770. The molecular formula is C108H116N2. The Hall–Kier alpha value is -9.76. The molecule has 0 fully saturated rings. The van der Waals surface area contributed by atoms with Crippen LogP contribution in [0.25, 0.3) is 77.9 Å². The van der Waals surface area contributed by atoms with Crippen molar-refractivity contribution in [3.8, 4) is 77.9 Å². The highest BCUT2D eigenvalue weighted by molar-refractivity contribution is 5.93. The highest BCUT2D eigenvalue weighted by atomic mass is 15.1. The first-order chi connectivity index (χ1) is 54.1. The first-order valence-corrected chi connectivity index (χ1v) is 43.1. The number of rotatable bonds is 33. The first kappa shape index (κ1) is 74.3. The van der Waals surface area contributed by atoms with Crippen molar-refractivity contribution in [2.45, 2.75) is 231 Å². The molecular weight excluding hydrogens is 1330 g/mol. The van der Waals surface area contributed by atoms with E-state index in [-0.39, 0.29) is 21.7 Å². The summed E-state index contributed by atoms with van der Waals surface area (Å²) in [6, 6.07) is 105. The zero-order valence-electron chi connectivity index (χ0n) is 67.3. The van der Waals surface area contributed by atoms with E-state index < -0.39 is 0 Å². The zero-order valence-corrected chi connectivity index (χ0v) is 67.3. The number of para-hydroxylation sites is 4. The van der Waals surface area contributed by atoms with Crippen molar-refractivity contribution in [2.24, 2.45) is 0 Å². The summed E-state index contributed by atoms with van der Waals surface area (Å²) in [4.78, 5) is 4.92. The lowest BCUT2D eigenvalue weighted by molar-refractivity contribution is 0.414. The average molecular weight is 1440 g/mol. The predicted octanol–water partition coefficient (Wildman–Crippen LogP) is 32.2. The van der Waals surface area contributed by atoms with Crippen LogP contribution in [0.2, 0.25) is 0 Å². The van der Waals surface area contributed by atoms with E-state index in [0.717, 1.165) is 51.4 Å². The third-order valence-corrected chi connectivity index (χ3v) is 26.6. The van der Waals surface area contributed by atoms with E-state index in [0.29, 0.717) is 0 Å². The van der Waals surface area contributed by atoms with Gasteiger partial charge in [-0.2, -0.15) is 0 Å². The molecule has 0 saturated carbocycles. The van der Waals surface area contributed by atoms with Crippen LogP contribution >= 0.6 is 0 Å². The minimum Gasteiger partial charge on any atom is -0.310 e. The van der Waals surface area contributed by atoms with Gasteiger partial charge in [0.15, 0.2) is 0 Å². The van der Waals surface area contributed by atoms with E-state index in [9.17, 15) is 0 Å². The molecule has 558 valence electrons. The molecule has 4 aliphatic carbocycles. The van der Waals surface area contributed by atoms with Crippen LogP contribution in [0.3, 0.4) is 0 Å². The number of unbranched alkanes of at least 4 members (excludes halogenated alkanes) is 8. The van der Waals surface area contributed by atoms with Gasteiger partial charge in [0.25, 0.3) is 0 Å². The quantitative estimate of drug-likeness (QED) is 0.0404. The fourth-order valence-corrected chi connectivity index (χ4v) is 21.0. The molecule has 0 spiro atoms. The Labute approximate surface area is 660 Å². The van der Waals surface area contributed by atoms with Crippen molar-refractivity contribution in [2.75, 3.05) is 9.80 Å². The van der Waals surface area contributed by atoms with Crippen LogP contribution in [-0.2, 0) is 21.7 Å². The van der Waals surface area contributed by atoms with Crippen molar-refractivity contribution in [1.82, 2.24) is 0 Å². The van der Waals surface area contributed by atoms with Gasteiger partial charge < -0.3 is 9.80 Å². The van der Waals surface area contributed by atoms with E-state index in [1.54, 1.807) is 22.3 Å². The average Bonchev–Trinajstić information content (AvgIpc) is 1.57. The summed E-state index contributed by atoms with van der Waals surface area (Å²) in [5, 5.41) is 0. The van der Waals surface area contributed by atoms with E-state index in [1.807, 2.05) is 0 Å². The van der Waals surface area contributed by atoms with E-state index in [1.165, 1.54) is 237 Å². The molecule has 0 heterocycles. The fourth-order valence-electron chi connectivity index (χ4n) is 21.0. The van der Waals surface area contributed by atoms with Gasteiger partial charge in [-0.3, -0.25) is 0 Å². The lowest BCUT2D eigenvalue weighted by Gasteiger charge is -2.34. The fraction of sp³-hybridized carbons (Fsp3) is 0.333. The van der Waals surface area contributed by atoms with Crippen molar-refractivity contribution in [3.63, 3.8) is 0 Å². The van der Waals surface area contributed by atoms with Gasteiger partial charge in [-0.15, -0.1) is 0 Å². The molecule has 0 amide bonds. The summed E-state index contributed by atoms with van der Waals surface area (Å²) in [6.45, 7) is 19.1. The van der Waals surface area contributed by atoms with Gasteiger partial charge in [-0.1, -0.05) is 316 Å². The minimum atomic E-state index is -0.0995. The molecule has 16 rings (SSSR count). The highest BCUT2D eigenvalue weighted by Crippen LogP contribution is 2.62. The molecule has 12 aromatic rings. The third kappa shape index (κ3) is 13.1. The molecule has 0 bridgehead atoms. The molecule has 0 aromatic heterocycles. The Morgan fingerprint density at radius 3 is 0.509 bits per heavy atom. The Morgan fingerprint density at radius 1 is 0.173 bits per heavy atom. The maximum atomic E-state index is 2.70. The summed E-state index contributed by atoms with van der Waals surface area (Å²) >= 11 is 0. The number of anilines is 6. The van der Waals surface area contributed by atoms with Crippen LogP contribution in [0.5, 0.6) is 0 Å². The van der Waals surface area contributed by atoms with E-state index in [2.05, 4.69) is 332 Å². The summed E-state index contributed by atoms with van der Waals surface area (Å²) in [5.41, 5.74) is 38.5. The van der Waals surface area contributed by atoms with Crippen molar-refractivity contribution in [1.29, 1.82) is 0 Å². The second-order valence-electron chi connectivity index (χ2n) is 33.2. The molecule has 12 aromatic carbocycles. The van der Waals surface area contributed by atoms with Gasteiger partial charge in [0, 0.05) is 55.8 Å². The topological polar surface area (TPSA) is 6.48 Å². The van der Waals surface area contributed by atoms with Gasteiger partial charge in [-0.05, 0) is 283 Å². The van der Waals surface area contributed by atoms with Gasteiger partial charge in [0.2, 0.25) is 0 Å². The summed E-state index contributed by atoms with van der Waals surface area (Å²) in [6.07, 6.45) is 28.0. The molecule has 0 aliphatic heterocycles. The lowest BCUT2D eigenvalue weighted by Crippen LogP contribution is -2.26. The van der Waals surface area contributed by atoms with Gasteiger partial charge in [-0.25, -0.2) is 0 Å². The van der Waals surface area contributed by atoms with Crippen LogP contribution in [0.15, 0.2) is 267 Å². The molecule has 0 radical (unpaired) electrons. The second-order valence-corrected chi connectivity index (χ2v) is 33.2. The van der Waals surface area contributed by atoms with Crippen LogP contribution in [0, 0.1) is 0 Å². The van der Waals surface area contributed by atoms with E-state index >= 15 is 0 Å². The summed E-state index contributed by atoms with van der Waals surface area (Å²) in [7, 11) is 0. The van der Waals surface area contributed by atoms with Crippen LogP contribution in [-0.4, -0.2) is 0 Å². The van der Waals surface area contributed by atoms with Gasteiger partial charge in [0.1, 0.15) is 0 Å². The number of fused-ring (bicyclic) bond motifs is 12. The van der Waals surface area contributed by atoms with E-state index in [4.69, 9.17) is 0 Å². The standard InChI is InChI=1S/C108H116N2/c1-9-17-61-105(62-18-10-2)97-69-77(45-53-89(97)91-55-47-79(71-99(91)105)81-49-57-93-95-59-51-87(109(83-37-29-25-30-38-83)84-39-31-26-32-40-84)75-103(95)107(65-21-13-5,66-22-14-6)101(93)73-81)78-46-54-90-92-56-48-80(72-100(92)106(63-19-11-3,64-20-12-4)98(90)70-78)82-50-58-94-96-60-52-88(110(85-41-33-27-34-42-85)86-43-35-28-36-44-86)76-104(96)108(67-23-15-7,68-24-16-8)102(94)74-82/h25-60,69-76H,9-24,61-68H2,1-8H3. The molecule has 2 heteroatoms. The predicted molar refractivity (Wildman–Crippen MR) is 473 cm³/mol.